The predicted octanol–water partition coefficient (Wildman–Crippen LogP) is 3.84. The Labute approximate surface area is 189 Å². The van der Waals surface area contributed by atoms with Crippen LogP contribution >= 0.6 is 0 Å². The van der Waals surface area contributed by atoms with Crippen LogP contribution < -0.4 is 5.32 Å². The van der Waals surface area contributed by atoms with E-state index in [0.717, 1.165) is 41.9 Å². The third-order valence-corrected chi connectivity index (χ3v) is 7.83. The molecule has 0 bridgehead atoms. The number of hydrogen-bond donors (Lipinski definition) is 1. The van der Waals surface area contributed by atoms with E-state index in [1.54, 1.807) is 24.3 Å². The van der Waals surface area contributed by atoms with Crippen LogP contribution in [0.15, 0.2) is 59.5 Å². The van der Waals surface area contributed by atoms with Crippen molar-refractivity contribution in [1.82, 2.24) is 14.1 Å². The quantitative estimate of drug-likeness (QED) is 0.616. The number of sulfonamides is 1. The van der Waals surface area contributed by atoms with Gasteiger partial charge >= 0.3 is 0 Å². The second kappa shape index (κ2) is 9.26. The lowest BCUT2D eigenvalue weighted by Gasteiger charge is -2.26. The molecule has 3 aromatic rings. The Morgan fingerprint density at radius 1 is 0.969 bits per heavy atom. The normalized spacial score (nSPS) is 14.9. The maximum absolute atomic E-state index is 13.2. The zero-order valence-corrected chi connectivity index (χ0v) is 19.2. The summed E-state index contributed by atoms with van der Waals surface area (Å²) < 4.78 is 29.7. The summed E-state index contributed by atoms with van der Waals surface area (Å²) in [6.45, 7) is 4.84. The van der Waals surface area contributed by atoms with Gasteiger partial charge in [0.05, 0.1) is 23.5 Å². The Bertz CT molecular complexity index is 1210. The van der Waals surface area contributed by atoms with Gasteiger partial charge in [0.25, 0.3) is 0 Å². The molecule has 32 heavy (non-hydrogen) atoms. The topological polar surface area (TPSA) is 84.3 Å². The van der Waals surface area contributed by atoms with Gasteiger partial charge in [-0.1, -0.05) is 36.8 Å². The van der Waals surface area contributed by atoms with Crippen molar-refractivity contribution in [1.29, 1.82) is 0 Å². The number of anilines is 1. The molecule has 1 aromatic heterocycles. The van der Waals surface area contributed by atoms with Crippen molar-refractivity contribution in [2.24, 2.45) is 0 Å². The third-order valence-electron chi connectivity index (χ3n) is 5.87. The van der Waals surface area contributed by atoms with Gasteiger partial charge in [0.2, 0.25) is 15.9 Å². The Balaban J connectivity index is 1.56. The van der Waals surface area contributed by atoms with E-state index < -0.39 is 10.0 Å². The lowest BCUT2D eigenvalue weighted by atomic mass is 10.1. The molecule has 0 saturated carbocycles. The van der Waals surface area contributed by atoms with Gasteiger partial charge in [-0.05, 0) is 51.0 Å². The SMILES string of the molecule is Cc1nn(-c2ccccc2)c(C)c1CC(=O)Nc1ccccc1S(=O)(=O)N1CCCCC1. The van der Waals surface area contributed by atoms with Crippen LogP contribution in [0.2, 0.25) is 0 Å². The minimum absolute atomic E-state index is 0.114. The molecule has 7 nitrogen and oxygen atoms in total. The van der Waals surface area contributed by atoms with E-state index in [1.807, 2.05) is 48.9 Å². The number of aryl methyl sites for hydroxylation is 1. The minimum Gasteiger partial charge on any atom is -0.325 e. The molecule has 0 unspecified atom stereocenters. The molecule has 0 atom stereocenters. The molecule has 1 aliphatic rings. The summed E-state index contributed by atoms with van der Waals surface area (Å²) >= 11 is 0. The van der Waals surface area contributed by atoms with Crippen LogP contribution in [0, 0.1) is 13.8 Å². The first-order chi connectivity index (χ1) is 15.4. The lowest BCUT2D eigenvalue weighted by Crippen LogP contribution is -2.36. The smallest absolute Gasteiger partial charge is 0.245 e. The molecule has 2 heterocycles. The summed E-state index contributed by atoms with van der Waals surface area (Å²) in [6, 6.07) is 16.4. The third kappa shape index (κ3) is 4.47. The summed E-state index contributed by atoms with van der Waals surface area (Å²) in [4.78, 5) is 13.1. The number of benzene rings is 2. The zero-order valence-electron chi connectivity index (χ0n) is 18.4. The first-order valence-corrected chi connectivity index (χ1v) is 12.3. The molecule has 0 radical (unpaired) electrons. The molecule has 0 aliphatic carbocycles. The number of aromatic nitrogens is 2. The standard InChI is InChI=1S/C24H28N4O3S/c1-18-21(19(2)28(26-18)20-11-5-3-6-12-20)17-24(29)25-22-13-7-8-14-23(22)32(30,31)27-15-9-4-10-16-27/h3,5-8,11-14H,4,9-10,15-17H2,1-2H3,(H,25,29). The van der Waals surface area contributed by atoms with Gasteiger partial charge in [0.15, 0.2) is 0 Å². The van der Waals surface area contributed by atoms with Crippen LogP contribution in [0.1, 0.15) is 36.2 Å². The fourth-order valence-corrected chi connectivity index (χ4v) is 5.81. The summed E-state index contributed by atoms with van der Waals surface area (Å²) in [5.74, 6) is -0.273. The molecular weight excluding hydrogens is 424 g/mol. The van der Waals surface area contributed by atoms with E-state index in [2.05, 4.69) is 10.4 Å². The van der Waals surface area contributed by atoms with Crippen LogP contribution in [-0.2, 0) is 21.2 Å². The minimum atomic E-state index is -3.66. The molecule has 0 spiro atoms. The fourth-order valence-electron chi connectivity index (χ4n) is 4.15. The first kappa shape index (κ1) is 22.2. The van der Waals surface area contributed by atoms with E-state index in [4.69, 9.17) is 0 Å². The molecular formula is C24H28N4O3S. The average Bonchev–Trinajstić information content (AvgIpc) is 3.09. The largest absolute Gasteiger partial charge is 0.325 e. The number of nitrogens with one attached hydrogen (secondary N) is 1. The summed E-state index contributed by atoms with van der Waals surface area (Å²) in [6.07, 6.45) is 2.87. The number of carbonyl (C=O) groups excluding carboxylic acids is 1. The monoisotopic (exact) mass is 452 g/mol. The maximum atomic E-state index is 13.2. The van der Waals surface area contributed by atoms with E-state index >= 15 is 0 Å². The summed E-state index contributed by atoms with van der Waals surface area (Å²) in [7, 11) is -3.66. The molecule has 168 valence electrons. The van der Waals surface area contributed by atoms with Gasteiger partial charge in [-0.2, -0.15) is 9.40 Å². The number of hydrogen-bond acceptors (Lipinski definition) is 4. The number of carbonyl (C=O) groups is 1. The van der Waals surface area contributed by atoms with Gasteiger partial charge < -0.3 is 5.32 Å². The molecule has 1 aliphatic heterocycles. The van der Waals surface area contributed by atoms with Crippen molar-refractivity contribution in [2.45, 2.75) is 44.4 Å². The van der Waals surface area contributed by atoms with Gasteiger partial charge in [-0.15, -0.1) is 0 Å². The van der Waals surface area contributed by atoms with Gasteiger partial charge in [-0.25, -0.2) is 13.1 Å². The highest BCUT2D eigenvalue weighted by Gasteiger charge is 2.28. The van der Waals surface area contributed by atoms with Gasteiger partial charge in [0, 0.05) is 24.3 Å². The summed E-state index contributed by atoms with van der Waals surface area (Å²) in [5.41, 5.74) is 3.74. The van der Waals surface area contributed by atoms with Crippen LogP contribution in [0.5, 0.6) is 0 Å². The second-order valence-electron chi connectivity index (χ2n) is 8.08. The van der Waals surface area contributed by atoms with Gasteiger partial charge in [0.1, 0.15) is 4.90 Å². The Morgan fingerprint density at radius 3 is 2.34 bits per heavy atom. The Kier molecular flexibility index (Phi) is 6.43. The highest BCUT2D eigenvalue weighted by molar-refractivity contribution is 7.89. The van der Waals surface area contributed by atoms with Crippen molar-refractivity contribution >= 4 is 21.6 Å². The van der Waals surface area contributed by atoms with Crippen LogP contribution in [-0.4, -0.2) is 41.5 Å². The van der Waals surface area contributed by atoms with Crippen molar-refractivity contribution in [3.05, 3.63) is 71.5 Å². The lowest BCUT2D eigenvalue weighted by molar-refractivity contribution is -0.115. The fraction of sp³-hybridized carbons (Fsp3) is 0.333. The molecule has 1 N–H and O–H groups in total. The van der Waals surface area contributed by atoms with E-state index in [9.17, 15) is 13.2 Å². The number of para-hydroxylation sites is 2. The number of rotatable bonds is 6. The molecule has 1 saturated heterocycles. The Morgan fingerprint density at radius 2 is 1.62 bits per heavy atom. The molecule has 4 rings (SSSR count). The number of amides is 1. The van der Waals surface area contributed by atoms with Crippen molar-refractivity contribution in [3.63, 3.8) is 0 Å². The van der Waals surface area contributed by atoms with Crippen molar-refractivity contribution in [3.8, 4) is 5.69 Å². The molecule has 1 amide bonds. The van der Waals surface area contributed by atoms with E-state index in [1.165, 1.54) is 4.31 Å². The van der Waals surface area contributed by atoms with Crippen LogP contribution in [0.3, 0.4) is 0 Å². The van der Waals surface area contributed by atoms with Crippen LogP contribution in [0.4, 0.5) is 5.69 Å². The van der Waals surface area contributed by atoms with E-state index in [0.29, 0.717) is 18.8 Å². The average molecular weight is 453 g/mol. The molecule has 8 heteroatoms. The molecule has 1 fully saturated rings. The highest BCUT2D eigenvalue weighted by Crippen LogP contribution is 2.27. The number of piperidine rings is 1. The highest BCUT2D eigenvalue weighted by atomic mass is 32.2. The predicted molar refractivity (Wildman–Crippen MR) is 124 cm³/mol. The second-order valence-corrected chi connectivity index (χ2v) is 9.99. The van der Waals surface area contributed by atoms with E-state index in [-0.39, 0.29) is 17.2 Å². The van der Waals surface area contributed by atoms with Crippen molar-refractivity contribution in [2.75, 3.05) is 18.4 Å². The van der Waals surface area contributed by atoms with Crippen LogP contribution in [0.25, 0.3) is 5.69 Å². The van der Waals surface area contributed by atoms with Gasteiger partial charge in [-0.3, -0.25) is 4.79 Å². The van der Waals surface area contributed by atoms with Crippen molar-refractivity contribution < 1.29 is 13.2 Å². The summed E-state index contributed by atoms with van der Waals surface area (Å²) in [5, 5.41) is 7.42. The number of nitrogens with zero attached hydrogens (tertiary/aromatic N) is 3. The Hall–Kier alpha value is -2.97. The molecule has 2 aromatic carbocycles. The first-order valence-electron chi connectivity index (χ1n) is 10.9. The zero-order chi connectivity index (χ0) is 22.7. The maximum Gasteiger partial charge on any atom is 0.245 e.